The molecule has 0 saturated heterocycles. The maximum absolute atomic E-state index is 14.7. The van der Waals surface area contributed by atoms with Gasteiger partial charge in [-0.1, -0.05) is 12.6 Å². The first-order valence-corrected chi connectivity index (χ1v) is 9.99. The third-order valence-electron chi connectivity index (χ3n) is 3.84. The molecule has 1 amide bonds. The summed E-state index contributed by atoms with van der Waals surface area (Å²) >= 11 is 0. The maximum atomic E-state index is 14.7. The number of amides is 1. The summed E-state index contributed by atoms with van der Waals surface area (Å²) in [5.41, 5.74) is -0.995. The van der Waals surface area contributed by atoms with Gasteiger partial charge in [0.2, 0.25) is 5.88 Å². The number of pyridine rings is 1. The van der Waals surface area contributed by atoms with E-state index in [0.29, 0.717) is 11.0 Å². The first-order valence-electron chi connectivity index (χ1n) is 8.39. The summed E-state index contributed by atoms with van der Waals surface area (Å²) in [7, 11) is -2.67. The number of aromatic amines is 1. The minimum Gasteiger partial charge on any atom is -0.572 e. The van der Waals surface area contributed by atoms with Gasteiger partial charge in [-0.25, -0.2) is 22.2 Å². The van der Waals surface area contributed by atoms with E-state index < -0.39 is 38.8 Å². The van der Waals surface area contributed by atoms with Crippen LogP contribution in [0.4, 0.5) is 20.2 Å². The van der Waals surface area contributed by atoms with Gasteiger partial charge in [-0.2, -0.15) is 0 Å². The minimum absolute atomic E-state index is 0. The predicted molar refractivity (Wildman–Crippen MR) is 102 cm³/mol. The molecule has 0 radical (unpaired) electrons. The third-order valence-corrected chi connectivity index (χ3v) is 5.22. The zero-order chi connectivity index (χ0) is 21.2. The average molecular weight is 464 g/mol. The minimum atomic E-state index is -4.08. The number of fused-ring (bicyclic) bond motifs is 1. The molecule has 9 nitrogen and oxygen atoms in total. The number of halogens is 2. The fraction of sp³-hybridized carbons (Fsp3) is 0.235. The van der Waals surface area contributed by atoms with Crippen LogP contribution in [0.3, 0.4) is 0 Å². The molecule has 2 heterocycles. The van der Waals surface area contributed by atoms with Crippen LogP contribution in [0.2, 0.25) is 0 Å². The van der Waals surface area contributed by atoms with Gasteiger partial charge in [-0.15, -0.1) is 5.10 Å². The van der Waals surface area contributed by atoms with Crippen LogP contribution in [0, 0.1) is 11.6 Å². The third kappa shape index (κ3) is 5.34. The number of nitrogens with zero attached hydrogens (tertiary/aromatic N) is 3. The largest absolute Gasteiger partial charge is 1.00 e. The van der Waals surface area contributed by atoms with E-state index in [1.54, 1.807) is 6.92 Å². The Morgan fingerprint density at radius 1 is 1.33 bits per heavy atom. The molecule has 2 aromatic heterocycles. The van der Waals surface area contributed by atoms with Crippen molar-refractivity contribution in [3.05, 3.63) is 46.3 Å². The number of rotatable bonds is 7. The number of hydrogen-bond donors (Lipinski definition) is 2. The summed E-state index contributed by atoms with van der Waals surface area (Å²) in [4.78, 5) is 16.5. The van der Waals surface area contributed by atoms with E-state index in [1.807, 2.05) is 0 Å². The van der Waals surface area contributed by atoms with Crippen molar-refractivity contribution >= 4 is 38.3 Å². The van der Waals surface area contributed by atoms with Gasteiger partial charge < -0.3 is 14.8 Å². The van der Waals surface area contributed by atoms with Gasteiger partial charge in [0.05, 0.1) is 40.0 Å². The number of ether oxygens (including phenoxy) is 1. The van der Waals surface area contributed by atoms with E-state index in [2.05, 4.69) is 25.2 Å². The van der Waals surface area contributed by atoms with Gasteiger partial charge in [0, 0.05) is 5.75 Å². The van der Waals surface area contributed by atoms with Crippen molar-refractivity contribution in [1.82, 2.24) is 15.2 Å². The van der Waals surface area contributed by atoms with Crippen molar-refractivity contribution in [1.29, 1.82) is 0 Å². The molecule has 13 heteroatoms. The van der Waals surface area contributed by atoms with E-state index in [0.717, 1.165) is 12.1 Å². The van der Waals surface area contributed by atoms with Crippen LogP contribution >= 0.6 is 0 Å². The zero-order valence-corrected chi connectivity index (χ0v) is 20.3. The second kappa shape index (κ2) is 10.1. The van der Waals surface area contributed by atoms with Crippen molar-refractivity contribution in [3.63, 3.8) is 0 Å². The van der Waals surface area contributed by atoms with Crippen molar-refractivity contribution in [2.75, 3.05) is 18.2 Å². The van der Waals surface area contributed by atoms with Gasteiger partial charge in [0.25, 0.3) is 5.91 Å². The number of benzene rings is 1. The molecule has 0 aliphatic carbocycles. The Hall–Kier alpha value is -1.64. The molecule has 0 saturated carbocycles. The molecule has 0 spiro atoms. The van der Waals surface area contributed by atoms with Crippen LogP contribution in [-0.4, -0.2) is 42.4 Å². The molecule has 2 N–H and O–H groups in total. The second-order valence-electron chi connectivity index (χ2n) is 5.94. The molecular weight excluding hydrogens is 447 g/mol. The number of hydrogen-bond acceptors (Lipinski definition) is 6. The molecule has 0 unspecified atom stereocenters. The Morgan fingerprint density at radius 2 is 2.07 bits per heavy atom. The molecule has 0 atom stereocenters. The monoisotopic (exact) mass is 463 g/mol. The van der Waals surface area contributed by atoms with Gasteiger partial charge in [0.15, 0.2) is 5.65 Å². The summed E-state index contributed by atoms with van der Waals surface area (Å²) in [5, 5.41) is 9.41. The standard InChI is InChI=1S/C17H16F2N5O4S.K/c1-3-6-29(26,27)24-14-12(18)5-4-10(13(14)19)16(25)21-9-7-11-15(20-8-9)22-23-17(11)28-2;/h4-5,7-8H,3,6H2,1-2H3,(H,21,25)(H,20,22,23);/q-1;+1. The van der Waals surface area contributed by atoms with Crippen LogP contribution < -0.4 is 61.4 Å². The molecule has 1 aromatic carbocycles. The Labute approximate surface area is 213 Å². The molecule has 0 aliphatic heterocycles. The molecule has 30 heavy (non-hydrogen) atoms. The van der Waals surface area contributed by atoms with Gasteiger partial charge in [-0.05, 0) is 24.6 Å². The first-order chi connectivity index (χ1) is 13.8. The van der Waals surface area contributed by atoms with Crippen LogP contribution in [0.25, 0.3) is 15.8 Å². The Kier molecular flexibility index (Phi) is 8.30. The maximum Gasteiger partial charge on any atom is 1.00 e. The first kappa shape index (κ1) is 24.6. The molecule has 0 fully saturated rings. The Bertz CT molecular complexity index is 1190. The van der Waals surface area contributed by atoms with E-state index in [-0.39, 0.29) is 75.1 Å². The van der Waals surface area contributed by atoms with Crippen LogP contribution in [-0.2, 0) is 10.0 Å². The number of carbonyl (C=O) groups excluding carboxylic acids is 1. The number of carbonyl (C=O) groups is 1. The predicted octanol–water partition coefficient (Wildman–Crippen LogP) is 0.246. The van der Waals surface area contributed by atoms with Crippen LogP contribution in [0.15, 0.2) is 24.4 Å². The molecule has 0 bridgehead atoms. The fourth-order valence-electron chi connectivity index (χ4n) is 2.55. The second-order valence-corrected chi connectivity index (χ2v) is 7.70. The average Bonchev–Trinajstić information content (AvgIpc) is 3.07. The Balaban J connectivity index is 0.00000320. The fourth-order valence-corrected chi connectivity index (χ4v) is 3.60. The molecular formula is C17H16F2KN5O4S. The van der Waals surface area contributed by atoms with Gasteiger partial charge in [-0.3, -0.25) is 9.89 Å². The summed E-state index contributed by atoms with van der Waals surface area (Å²) in [6.07, 6.45) is 1.53. The topological polar surface area (TPSA) is 128 Å². The number of H-pyrrole nitrogens is 1. The number of sulfonamides is 1. The van der Waals surface area contributed by atoms with E-state index >= 15 is 0 Å². The van der Waals surface area contributed by atoms with Crippen molar-refractivity contribution in [2.45, 2.75) is 13.3 Å². The van der Waals surface area contributed by atoms with E-state index in [4.69, 9.17) is 4.74 Å². The van der Waals surface area contributed by atoms with Gasteiger partial charge >= 0.3 is 51.4 Å². The van der Waals surface area contributed by atoms with Crippen molar-refractivity contribution in [2.24, 2.45) is 0 Å². The van der Waals surface area contributed by atoms with Crippen LogP contribution in [0.5, 0.6) is 5.88 Å². The molecule has 3 rings (SSSR count). The van der Waals surface area contributed by atoms with Crippen molar-refractivity contribution in [3.8, 4) is 5.88 Å². The molecule has 3 aromatic rings. The van der Waals surface area contributed by atoms with E-state index in [1.165, 1.54) is 19.4 Å². The van der Waals surface area contributed by atoms with Crippen LogP contribution in [0.1, 0.15) is 23.7 Å². The smallest absolute Gasteiger partial charge is 0.572 e. The number of anilines is 1. The quantitative estimate of drug-likeness (QED) is 0.484. The normalized spacial score (nSPS) is 11.1. The molecule has 154 valence electrons. The number of aromatic nitrogens is 3. The number of methoxy groups -OCH3 is 1. The Morgan fingerprint density at radius 3 is 2.73 bits per heavy atom. The van der Waals surface area contributed by atoms with E-state index in [9.17, 15) is 22.0 Å². The molecule has 0 aliphatic rings. The number of nitrogens with one attached hydrogen (secondary N) is 2. The summed E-state index contributed by atoms with van der Waals surface area (Å²) < 4.78 is 60.5. The zero-order valence-electron chi connectivity index (χ0n) is 16.4. The van der Waals surface area contributed by atoms with Gasteiger partial charge in [0.1, 0.15) is 11.6 Å². The summed E-state index contributed by atoms with van der Waals surface area (Å²) in [6, 6.07) is 3.18. The SMILES string of the molecule is CCCS(=O)(=O)[N-]c1c(F)ccc(C(=O)Nc2cnc3[nH]nc(OC)c3c2)c1F.[K+]. The summed E-state index contributed by atoms with van der Waals surface area (Å²) in [5.74, 6) is -3.63. The summed E-state index contributed by atoms with van der Waals surface area (Å²) in [6.45, 7) is 1.59. The van der Waals surface area contributed by atoms with Crippen molar-refractivity contribution < 1.29 is 78.1 Å².